The van der Waals surface area contributed by atoms with Gasteiger partial charge in [-0.25, -0.2) is 9.48 Å². The predicted molar refractivity (Wildman–Crippen MR) is 95.9 cm³/mol. The number of pyridine rings is 1. The van der Waals surface area contributed by atoms with E-state index in [-0.39, 0.29) is 18.2 Å². The van der Waals surface area contributed by atoms with Crippen molar-refractivity contribution in [3.8, 4) is 5.75 Å². The zero-order valence-corrected chi connectivity index (χ0v) is 15.3. The summed E-state index contributed by atoms with van der Waals surface area (Å²) in [4.78, 5) is 30.1. The number of nitrogens with zero attached hydrogens (tertiary/aromatic N) is 5. The summed E-state index contributed by atoms with van der Waals surface area (Å²) in [7, 11) is 1.68. The molecule has 1 amide bonds. The average Bonchev–Trinajstić information content (AvgIpc) is 2.94. The van der Waals surface area contributed by atoms with Gasteiger partial charge in [-0.15, -0.1) is 0 Å². The average molecular weight is 359 g/mol. The van der Waals surface area contributed by atoms with Crippen LogP contribution in [0.2, 0.25) is 0 Å². The number of amides is 1. The molecule has 1 aliphatic rings. The summed E-state index contributed by atoms with van der Waals surface area (Å²) in [5, 5.41) is 4.35. The lowest BCUT2D eigenvalue weighted by molar-refractivity contribution is -0.134. The lowest BCUT2D eigenvalue weighted by Gasteiger charge is -2.31. The summed E-state index contributed by atoms with van der Waals surface area (Å²) in [6.45, 7) is 4.04. The molecule has 1 fully saturated rings. The van der Waals surface area contributed by atoms with Crippen LogP contribution in [0.3, 0.4) is 0 Å². The Kier molecular flexibility index (Phi) is 5.70. The minimum Gasteiger partial charge on any atom is -0.482 e. The van der Waals surface area contributed by atoms with Crippen molar-refractivity contribution in [3.05, 3.63) is 40.8 Å². The van der Waals surface area contributed by atoms with E-state index in [0.29, 0.717) is 31.3 Å². The Hall–Kier alpha value is -2.64. The van der Waals surface area contributed by atoms with Crippen molar-refractivity contribution in [3.63, 3.8) is 0 Å². The predicted octanol–water partition coefficient (Wildman–Crippen LogP) is 0.857. The number of carbonyl (C=O) groups is 1. The molecule has 26 heavy (non-hydrogen) atoms. The van der Waals surface area contributed by atoms with Gasteiger partial charge in [-0.05, 0) is 37.8 Å². The molecule has 0 radical (unpaired) electrons. The molecule has 8 heteroatoms. The number of likely N-dealkylation sites (tertiary alicyclic amines) is 1. The summed E-state index contributed by atoms with van der Waals surface area (Å²) < 4.78 is 8.60. The zero-order chi connectivity index (χ0) is 18.5. The van der Waals surface area contributed by atoms with E-state index in [9.17, 15) is 9.59 Å². The lowest BCUT2D eigenvalue weighted by Crippen LogP contribution is -2.41. The van der Waals surface area contributed by atoms with Gasteiger partial charge < -0.3 is 9.64 Å². The van der Waals surface area contributed by atoms with Crippen LogP contribution in [0.4, 0.5) is 0 Å². The SMILES string of the molecule is CCn1c(CC2CCN(C(=O)COc3cccnc3)CC2)nn(C)c1=O. The molecule has 0 N–H and O–H groups in total. The quantitative estimate of drug-likeness (QED) is 0.764. The van der Waals surface area contributed by atoms with Crippen LogP contribution in [0.5, 0.6) is 5.75 Å². The molecule has 0 bridgehead atoms. The van der Waals surface area contributed by atoms with Gasteiger partial charge in [0.15, 0.2) is 6.61 Å². The summed E-state index contributed by atoms with van der Waals surface area (Å²) in [6.07, 6.45) is 5.86. The molecule has 0 aliphatic carbocycles. The van der Waals surface area contributed by atoms with Crippen LogP contribution in [0, 0.1) is 5.92 Å². The fraction of sp³-hybridized carbons (Fsp3) is 0.556. The first-order chi connectivity index (χ1) is 12.6. The van der Waals surface area contributed by atoms with Gasteiger partial charge in [0.1, 0.15) is 11.6 Å². The summed E-state index contributed by atoms with van der Waals surface area (Å²) in [5.74, 6) is 1.87. The van der Waals surface area contributed by atoms with Crippen molar-refractivity contribution in [1.29, 1.82) is 0 Å². The number of ether oxygens (including phenoxy) is 1. The summed E-state index contributed by atoms with van der Waals surface area (Å²) in [5.41, 5.74) is -0.0670. The molecule has 1 aliphatic heterocycles. The minimum absolute atomic E-state index is 0.00407. The molecular weight excluding hydrogens is 334 g/mol. The normalized spacial score (nSPS) is 15.2. The largest absolute Gasteiger partial charge is 0.482 e. The van der Waals surface area contributed by atoms with Gasteiger partial charge in [-0.2, -0.15) is 5.10 Å². The molecule has 2 aromatic heterocycles. The fourth-order valence-corrected chi connectivity index (χ4v) is 3.34. The first kappa shape index (κ1) is 18.2. The van der Waals surface area contributed by atoms with Gasteiger partial charge in [0, 0.05) is 39.3 Å². The standard InChI is InChI=1S/C18H25N5O3/c1-3-23-16(20-21(2)18(23)25)11-14-6-9-22(10-7-14)17(24)13-26-15-5-4-8-19-12-15/h4-5,8,12,14H,3,6-7,9-11,13H2,1-2H3. The summed E-state index contributed by atoms with van der Waals surface area (Å²) in [6, 6.07) is 3.56. The molecule has 0 saturated carbocycles. The molecule has 3 rings (SSSR count). The summed E-state index contributed by atoms with van der Waals surface area (Å²) >= 11 is 0. The number of hydrogen-bond donors (Lipinski definition) is 0. The first-order valence-corrected chi connectivity index (χ1v) is 9.01. The van der Waals surface area contributed by atoms with Crippen LogP contribution in [0.15, 0.2) is 29.3 Å². The van der Waals surface area contributed by atoms with Crippen LogP contribution in [-0.4, -0.2) is 49.8 Å². The van der Waals surface area contributed by atoms with Gasteiger partial charge in [0.05, 0.1) is 6.20 Å². The monoisotopic (exact) mass is 359 g/mol. The lowest BCUT2D eigenvalue weighted by atomic mass is 9.93. The molecular formula is C18H25N5O3. The molecule has 1 saturated heterocycles. The third-order valence-corrected chi connectivity index (χ3v) is 4.84. The van der Waals surface area contributed by atoms with Crippen molar-refractivity contribution in [2.24, 2.45) is 13.0 Å². The molecule has 0 aromatic carbocycles. The fourth-order valence-electron chi connectivity index (χ4n) is 3.34. The Morgan fingerprint density at radius 2 is 2.12 bits per heavy atom. The zero-order valence-electron chi connectivity index (χ0n) is 15.3. The maximum Gasteiger partial charge on any atom is 0.345 e. The second kappa shape index (κ2) is 8.16. The third kappa shape index (κ3) is 4.12. The van der Waals surface area contributed by atoms with Gasteiger partial charge in [-0.1, -0.05) is 0 Å². The van der Waals surface area contributed by atoms with Gasteiger partial charge >= 0.3 is 5.69 Å². The van der Waals surface area contributed by atoms with E-state index < -0.39 is 0 Å². The second-order valence-electron chi connectivity index (χ2n) is 6.57. The van der Waals surface area contributed by atoms with Crippen molar-refractivity contribution in [2.75, 3.05) is 19.7 Å². The molecule has 3 heterocycles. The van der Waals surface area contributed by atoms with Crippen LogP contribution in [0.1, 0.15) is 25.6 Å². The molecule has 140 valence electrons. The first-order valence-electron chi connectivity index (χ1n) is 9.01. The molecule has 8 nitrogen and oxygen atoms in total. The number of aryl methyl sites for hydroxylation is 1. The minimum atomic E-state index is -0.0670. The second-order valence-corrected chi connectivity index (χ2v) is 6.57. The Balaban J connectivity index is 1.49. The number of hydrogen-bond acceptors (Lipinski definition) is 5. The molecule has 0 spiro atoms. The number of piperidine rings is 1. The highest BCUT2D eigenvalue weighted by Gasteiger charge is 2.25. The van der Waals surface area contributed by atoms with Crippen LogP contribution in [-0.2, 0) is 24.8 Å². The van der Waals surface area contributed by atoms with Gasteiger partial charge in [-0.3, -0.25) is 14.3 Å². The highest BCUT2D eigenvalue weighted by atomic mass is 16.5. The van der Waals surface area contributed by atoms with E-state index in [0.717, 1.165) is 25.1 Å². The van der Waals surface area contributed by atoms with E-state index in [1.807, 2.05) is 11.8 Å². The van der Waals surface area contributed by atoms with Crippen LogP contribution < -0.4 is 10.4 Å². The number of aromatic nitrogens is 4. The highest BCUT2D eigenvalue weighted by Crippen LogP contribution is 2.21. The third-order valence-electron chi connectivity index (χ3n) is 4.84. The number of rotatable bonds is 6. The van der Waals surface area contributed by atoms with Crippen molar-refractivity contribution in [1.82, 2.24) is 24.2 Å². The van der Waals surface area contributed by atoms with Gasteiger partial charge in [0.2, 0.25) is 0 Å². The maximum atomic E-state index is 12.3. The van der Waals surface area contributed by atoms with Crippen molar-refractivity contribution in [2.45, 2.75) is 32.7 Å². The Labute approximate surface area is 152 Å². The maximum absolute atomic E-state index is 12.3. The van der Waals surface area contributed by atoms with Crippen LogP contribution in [0.25, 0.3) is 0 Å². The molecule has 2 aromatic rings. The Bertz CT molecular complexity index is 791. The highest BCUT2D eigenvalue weighted by molar-refractivity contribution is 5.77. The Morgan fingerprint density at radius 3 is 2.77 bits per heavy atom. The van der Waals surface area contributed by atoms with E-state index in [1.54, 1.807) is 36.1 Å². The van der Waals surface area contributed by atoms with Crippen molar-refractivity contribution >= 4 is 5.91 Å². The Morgan fingerprint density at radius 1 is 1.35 bits per heavy atom. The molecule has 0 unspecified atom stereocenters. The van der Waals surface area contributed by atoms with Crippen LogP contribution >= 0.6 is 0 Å². The van der Waals surface area contributed by atoms with Crippen molar-refractivity contribution < 1.29 is 9.53 Å². The topological polar surface area (TPSA) is 82.2 Å². The smallest absolute Gasteiger partial charge is 0.345 e. The molecule has 0 atom stereocenters. The van der Waals surface area contributed by atoms with E-state index in [2.05, 4.69) is 10.1 Å². The van der Waals surface area contributed by atoms with E-state index >= 15 is 0 Å². The van der Waals surface area contributed by atoms with E-state index in [1.165, 1.54) is 4.68 Å². The van der Waals surface area contributed by atoms with Gasteiger partial charge in [0.25, 0.3) is 5.91 Å². The number of carbonyl (C=O) groups excluding carboxylic acids is 1. The van der Waals surface area contributed by atoms with E-state index in [4.69, 9.17) is 4.74 Å².